The van der Waals surface area contributed by atoms with E-state index in [4.69, 9.17) is 4.74 Å². The topological polar surface area (TPSA) is 9.23 Å². The number of methoxy groups -OCH3 is 1. The molecule has 1 aliphatic rings. The zero-order valence-corrected chi connectivity index (χ0v) is 10.3. The first-order chi connectivity index (χ1) is 8.86. The number of ether oxygens (including phenoxy) is 1. The Labute approximate surface area is 107 Å². The first kappa shape index (κ1) is 10.8. The fraction of sp³-hybridized carbons (Fsp3) is 0.0588. The van der Waals surface area contributed by atoms with E-state index in [2.05, 4.69) is 54.6 Å². The molecule has 0 unspecified atom stereocenters. The van der Waals surface area contributed by atoms with Crippen molar-refractivity contribution in [2.45, 2.75) is 0 Å². The highest BCUT2D eigenvalue weighted by atomic mass is 16.5. The van der Waals surface area contributed by atoms with Crippen LogP contribution in [-0.4, -0.2) is 7.11 Å². The van der Waals surface area contributed by atoms with E-state index in [1.165, 1.54) is 22.3 Å². The average molecular weight is 234 g/mol. The van der Waals surface area contributed by atoms with Gasteiger partial charge in [0.1, 0.15) is 5.75 Å². The normalized spacial score (nSPS) is 14.8. The van der Waals surface area contributed by atoms with E-state index in [9.17, 15) is 0 Å². The van der Waals surface area contributed by atoms with Gasteiger partial charge >= 0.3 is 0 Å². The lowest BCUT2D eigenvalue weighted by Gasteiger charge is -2.02. The largest absolute Gasteiger partial charge is 0.497 e. The molecule has 0 fully saturated rings. The molecule has 0 saturated carbocycles. The number of rotatable bonds is 2. The highest BCUT2D eigenvalue weighted by Gasteiger charge is 2.08. The minimum atomic E-state index is 0.888. The summed E-state index contributed by atoms with van der Waals surface area (Å²) in [4.78, 5) is 0. The smallest absolute Gasteiger partial charge is 0.118 e. The number of hydrogen-bond donors (Lipinski definition) is 0. The van der Waals surface area contributed by atoms with Gasteiger partial charge in [-0.2, -0.15) is 0 Å². The summed E-state index contributed by atoms with van der Waals surface area (Å²) in [6.45, 7) is 0. The van der Waals surface area contributed by atoms with Crippen molar-refractivity contribution in [1.82, 2.24) is 0 Å². The Balaban J connectivity index is 1.96. The van der Waals surface area contributed by atoms with Gasteiger partial charge in [-0.15, -0.1) is 0 Å². The summed E-state index contributed by atoms with van der Waals surface area (Å²) in [6, 6.07) is 16.5. The van der Waals surface area contributed by atoms with Gasteiger partial charge < -0.3 is 4.74 Å². The molecule has 1 aliphatic carbocycles. The number of benzene rings is 2. The van der Waals surface area contributed by atoms with Gasteiger partial charge in [0.25, 0.3) is 0 Å². The molecule has 2 aromatic carbocycles. The summed E-state index contributed by atoms with van der Waals surface area (Å²) < 4.78 is 5.16. The quantitative estimate of drug-likeness (QED) is 0.754. The first-order valence-corrected chi connectivity index (χ1v) is 6.00. The zero-order chi connectivity index (χ0) is 12.4. The van der Waals surface area contributed by atoms with E-state index >= 15 is 0 Å². The summed E-state index contributed by atoms with van der Waals surface area (Å²) >= 11 is 0. The lowest BCUT2D eigenvalue weighted by molar-refractivity contribution is 0.415. The molecule has 0 atom stereocenters. The van der Waals surface area contributed by atoms with E-state index < -0.39 is 0 Å². The Morgan fingerprint density at radius 3 is 2.44 bits per heavy atom. The monoisotopic (exact) mass is 234 g/mol. The molecule has 1 heteroatoms. The Morgan fingerprint density at radius 1 is 0.889 bits per heavy atom. The van der Waals surface area contributed by atoms with Gasteiger partial charge in [0.15, 0.2) is 0 Å². The molecule has 0 spiro atoms. The molecule has 18 heavy (non-hydrogen) atoms. The fourth-order valence-electron chi connectivity index (χ4n) is 2.18. The molecule has 0 aliphatic heterocycles. The lowest BCUT2D eigenvalue weighted by atomic mass is 10.0. The zero-order valence-electron chi connectivity index (χ0n) is 10.3. The maximum absolute atomic E-state index is 5.16. The summed E-state index contributed by atoms with van der Waals surface area (Å²) in [7, 11) is 1.68. The third-order valence-electron chi connectivity index (χ3n) is 3.15. The van der Waals surface area contributed by atoms with Gasteiger partial charge in [-0.05, 0) is 40.5 Å². The van der Waals surface area contributed by atoms with Crippen LogP contribution in [0.5, 0.6) is 5.75 Å². The number of fused-ring (bicyclic) bond motifs is 1. The van der Waals surface area contributed by atoms with E-state index in [-0.39, 0.29) is 0 Å². The molecule has 0 heterocycles. The summed E-state index contributed by atoms with van der Waals surface area (Å²) in [5, 5.41) is 0. The van der Waals surface area contributed by atoms with Crippen LogP contribution in [0.4, 0.5) is 0 Å². The molecule has 0 saturated heterocycles. The van der Waals surface area contributed by atoms with Crippen LogP contribution in [0.1, 0.15) is 16.7 Å². The predicted molar refractivity (Wildman–Crippen MR) is 76.3 cm³/mol. The van der Waals surface area contributed by atoms with Crippen molar-refractivity contribution in [3.8, 4) is 5.75 Å². The predicted octanol–water partition coefficient (Wildman–Crippen LogP) is 4.26. The van der Waals surface area contributed by atoms with Crippen molar-refractivity contribution in [2.24, 2.45) is 0 Å². The molecule has 0 N–H and O–H groups in total. The fourth-order valence-corrected chi connectivity index (χ4v) is 2.18. The summed E-state index contributed by atoms with van der Waals surface area (Å²) in [5.41, 5.74) is 5.04. The van der Waals surface area contributed by atoms with Crippen molar-refractivity contribution < 1.29 is 4.74 Å². The van der Waals surface area contributed by atoms with Crippen LogP contribution in [0.15, 0.2) is 54.6 Å². The van der Waals surface area contributed by atoms with Crippen LogP contribution >= 0.6 is 0 Å². The second kappa shape index (κ2) is 4.53. The second-order valence-corrected chi connectivity index (χ2v) is 4.29. The molecule has 0 aromatic heterocycles. The van der Waals surface area contributed by atoms with Gasteiger partial charge in [-0.25, -0.2) is 0 Å². The van der Waals surface area contributed by atoms with Gasteiger partial charge in [-0.1, -0.05) is 48.6 Å². The Morgan fingerprint density at radius 2 is 1.67 bits per heavy atom. The molecule has 2 aromatic rings. The van der Waals surface area contributed by atoms with E-state index in [1.807, 2.05) is 12.1 Å². The molecule has 0 radical (unpaired) electrons. The van der Waals surface area contributed by atoms with Gasteiger partial charge in [0, 0.05) is 0 Å². The van der Waals surface area contributed by atoms with Crippen LogP contribution in [0.25, 0.3) is 17.7 Å². The van der Waals surface area contributed by atoms with Crippen molar-refractivity contribution in [2.75, 3.05) is 7.11 Å². The standard InChI is InChI=1S/C17H14O/c1-18-16-10-6-13(7-11-16)12-15-9-8-14-4-2-3-5-17(14)15/h2-12H,1H3/b15-12+. The van der Waals surface area contributed by atoms with Gasteiger partial charge in [0.05, 0.1) is 7.11 Å². The van der Waals surface area contributed by atoms with Crippen LogP contribution < -0.4 is 4.74 Å². The third kappa shape index (κ3) is 1.95. The number of allylic oxidation sites excluding steroid dienone is 2. The Kier molecular flexibility index (Phi) is 2.73. The van der Waals surface area contributed by atoms with Crippen LogP contribution in [0, 0.1) is 0 Å². The second-order valence-electron chi connectivity index (χ2n) is 4.29. The van der Waals surface area contributed by atoms with Crippen molar-refractivity contribution in [3.05, 3.63) is 71.3 Å². The molecular weight excluding hydrogens is 220 g/mol. The third-order valence-corrected chi connectivity index (χ3v) is 3.15. The number of hydrogen-bond acceptors (Lipinski definition) is 1. The molecular formula is C17H14O. The van der Waals surface area contributed by atoms with Crippen LogP contribution in [0.3, 0.4) is 0 Å². The maximum Gasteiger partial charge on any atom is 0.118 e. The SMILES string of the molecule is COc1ccc(/C=C2\C=Cc3ccccc32)cc1. The highest BCUT2D eigenvalue weighted by Crippen LogP contribution is 2.30. The lowest BCUT2D eigenvalue weighted by Crippen LogP contribution is -1.83. The van der Waals surface area contributed by atoms with E-state index in [0.29, 0.717) is 0 Å². The van der Waals surface area contributed by atoms with Crippen LogP contribution in [0.2, 0.25) is 0 Å². The Hall–Kier alpha value is -2.28. The minimum absolute atomic E-state index is 0.888. The maximum atomic E-state index is 5.16. The van der Waals surface area contributed by atoms with Gasteiger partial charge in [-0.3, -0.25) is 0 Å². The van der Waals surface area contributed by atoms with Crippen molar-refractivity contribution in [1.29, 1.82) is 0 Å². The molecule has 1 nitrogen and oxygen atoms in total. The molecule has 88 valence electrons. The average Bonchev–Trinajstić information content (AvgIpc) is 2.83. The summed E-state index contributed by atoms with van der Waals surface area (Å²) in [6.07, 6.45) is 6.52. The molecule has 3 rings (SSSR count). The molecule has 0 bridgehead atoms. The highest BCUT2D eigenvalue weighted by molar-refractivity contribution is 5.97. The van der Waals surface area contributed by atoms with Crippen molar-refractivity contribution >= 4 is 17.7 Å². The van der Waals surface area contributed by atoms with Gasteiger partial charge in [0.2, 0.25) is 0 Å². The summed E-state index contributed by atoms with van der Waals surface area (Å²) in [5.74, 6) is 0.888. The van der Waals surface area contributed by atoms with E-state index in [1.54, 1.807) is 7.11 Å². The van der Waals surface area contributed by atoms with Crippen molar-refractivity contribution in [3.63, 3.8) is 0 Å². The first-order valence-electron chi connectivity index (χ1n) is 6.00. The van der Waals surface area contributed by atoms with E-state index in [0.717, 1.165) is 5.75 Å². The van der Waals surface area contributed by atoms with Crippen LogP contribution in [-0.2, 0) is 0 Å². The molecule has 0 amide bonds. The minimum Gasteiger partial charge on any atom is -0.497 e. The Bertz CT molecular complexity index is 618.